The van der Waals surface area contributed by atoms with Crippen molar-refractivity contribution in [3.63, 3.8) is 0 Å². The van der Waals surface area contributed by atoms with Gasteiger partial charge in [-0.15, -0.1) is 0 Å². The molecule has 8 heteroatoms. The topological polar surface area (TPSA) is 80.3 Å². The molecule has 126 valence electrons. The summed E-state index contributed by atoms with van der Waals surface area (Å²) in [5.41, 5.74) is 0.797. The van der Waals surface area contributed by atoms with E-state index in [0.717, 1.165) is 0 Å². The van der Waals surface area contributed by atoms with Crippen molar-refractivity contribution in [2.45, 2.75) is 0 Å². The number of carbonyl (C=O) groups excluding carboxylic acids is 2. The Bertz CT molecular complexity index is 753. The van der Waals surface area contributed by atoms with Crippen molar-refractivity contribution in [2.24, 2.45) is 0 Å². The summed E-state index contributed by atoms with van der Waals surface area (Å²) in [6.07, 6.45) is 1.39. The normalized spacial score (nSPS) is 10.3. The van der Waals surface area contributed by atoms with Crippen LogP contribution in [0.25, 0.3) is 0 Å². The lowest BCUT2D eigenvalue weighted by Crippen LogP contribution is -2.28. The van der Waals surface area contributed by atoms with Gasteiger partial charge in [-0.05, 0) is 24.3 Å². The summed E-state index contributed by atoms with van der Waals surface area (Å²) in [5, 5.41) is 5.87. The van der Waals surface area contributed by atoms with Crippen LogP contribution in [0, 0.1) is 0 Å². The molecular formula is C16H15Cl2N3O3. The number of ether oxygens (including phenoxy) is 1. The van der Waals surface area contributed by atoms with Crippen molar-refractivity contribution in [1.82, 2.24) is 10.3 Å². The third-order valence-corrected chi connectivity index (χ3v) is 3.87. The van der Waals surface area contributed by atoms with Gasteiger partial charge >= 0.3 is 0 Å². The van der Waals surface area contributed by atoms with Gasteiger partial charge in [0.2, 0.25) is 0 Å². The van der Waals surface area contributed by atoms with Crippen LogP contribution in [-0.2, 0) is 4.74 Å². The minimum atomic E-state index is -0.424. The zero-order valence-electron chi connectivity index (χ0n) is 12.8. The van der Waals surface area contributed by atoms with Gasteiger partial charge in [-0.1, -0.05) is 29.3 Å². The monoisotopic (exact) mass is 367 g/mol. The zero-order chi connectivity index (χ0) is 17.5. The number of hydrogen-bond donors (Lipinski definition) is 2. The van der Waals surface area contributed by atoms with E-state index in [9.17, 15) is 9.59 Å². The smallest absolute Gasteiger partial charge is 0.269 e. The molecule has 0 aliphatic carbocycles. The lowest BCUT2D eigenvalue weighted by molar-refractivity contribution is 0.0932. The number of nitrogens with zero attached hydrogens (tertiary/aromatic N) is 1. The molecule has 6 nitrogen and oxygen atoms in total. The molecule has 0 spiro atoms. The van der Waals surface area contributed by atoms with E-state index in [2.05, 4.69) is 15.6 Å². The number of pyridine rings is 1. The first-order valence-corrected chi connectivity index (χ1v) is 7.77. The molecule has 0 fully saturated rings. The molecule has 2 aromatic rings. The van der Waals surface area contributed by atoms with Crippen LogP contribution in [0.3, 0.4) is 0 Å². The highest BCUT2D eigenvalue weighted by Gasteiger charge is 2.13. The SMILES string of the molecule is COCCNC(=O)c1cc(C(=O)Nc2cccc(Cl)c2Cl)ccn1. The Hall–Kier alpha value is -2.15. The number of amides is 2. The van der Waals surface area contributed by atoms with E-state index >= 15 is 0 Å². The Kier molecular flexibility index (Phi) is 6.54. The summed E-state index contributed by atoms with van der Waals surface area (Å²) < 4.78 is 4.85. The van der Waals surface area contributed by atoms with E-state index in [0.29, 0.717) is 23.9 Å². The number of anilines is 1. The van der Waals surface area contributed by atoms with Gasteiger partial charge in [0.1, 0.15) is 5.69 Å². The Balaban J connectivity index is 2.11. The summed E-state index contributed by atoms with van der Waals surface area (Å²) in [7, 11) is 1.54. The summed E-state index contributed by atoms with van der Waals surface area (Å²) in [6, 6.07) is 7.82. The van der Waals surface area contributed by atoms with Gasteiger partial charge < -0.3 is 15.4 Å². The minimum Gasteiger partial charge on any atom is -0.383 e. The van der Waals surface area contributed by atoms with Gasteiger partial charge in [0.15, 0.2) is 0 Å². The van der Waals surface area contributed by atoms with Crippen molar-refractivity contribution in [2.75, 3.05) is 25.6 Å². The van der Waals surface area contributed by atoms with Crippen LogP contribution in [0.4, 0.5) is 5.69 Å². The number of halogens is 2. The summed E-state index contributed by atoms with van der Waals surface area (Å²) >= 11 is 12.0. The van der Waals surface area contributed by atoms with E-state index in [-0.39, 0.29) is 22.2 Å². The van der Waals surface area contributed by atoms with Gasteiger partial charge in [0, 0.05) is 25.4 Å². The van der Waals surface area contributed by atoms with Gasteiger partial charge in [-0.3, -0.25) is 14.6 Å². The van der Waals surface area contributed by atoms with Crippen molar-refractivity contribution >= 4 is 40.7 Å². The van der Waals surface area contributed by atoms with E-state index in [1.54, 1.807) is 18.2 Å². The van der Waals surface area contributed by atoms with Crippen molar-refractivity contribution in [1.29, 1.82) is 0 Å². The highest BCUT2D eigenvalue weighted by Crippen LogP contribution is 2.29. The molecule has 1 aromatic heterocycles. The second kappa shape index (κ2) is 8.63. The maximum atomic E-state index is 12.3. The molecule has 0 aliphatic heterocycles. The molecule has 0 saturated heterocycles. The van der Waals surface area contributed by atoms with E-state index < -0.39 is 5.91 Å². The number of methoxy groups -OCH3 is 1. The van der Waals surface area contributed by atoms with Crippen LogP contribution in [0.5, 0.6) is 0 Å². The van der Waals surface area contributed by atoms with Crippen LogP contribution in [0.15, 0.2) is 36.5 Å². The largest absolute Gasteiger partial charge is 0.383 e. The van der Waals surface area contributed by atoms with Gasteiger partial charge in [-0.25, -0.2) is 0 Å². The summed E-state index contributed by atoms with van der Waals surface area (Å²) in [5.74, 6) is -0.810. The maximum Gasteiger partial charge on any atom is 0.269 e. The molecule has 0 bridgehead atoms. The third-order valence-electron chi connectivity index (χ3n) is 3.05. The number of rotatable bonds is 6. The third kappa shape index (κ3) is 4.67. The molecule has 2 rings (SSSR count). The van der Waals surface area contributed by atoms with Gasteiger partial charge in [0.05, 0.1) is 22.3 Å². The molecule has 0 atom stereocenters. The predicted octanol–water partition coefficient (Wildman–Crippen LogP) is 3.02. The van der Waals surface area contributed by atoms with Crippen LogP contribution in [-0.4, -0.2) is 37.1 Å². The number of nitrogens with one attached hydrogen (secondary N) is 2. The molecule has 0 unspecified atom stereocenters. The fraction of sp³-hybridized carbons (Fsp3) is 0.188. The molecule has 2 amide bonds. The molecule has 1 aromatic carbocycles. The molecule has 24 heavy (non-hydrogen) atoms. The van der Waals surface area contributed by atoms with Crippen LogP contribution >= 0.6 is 23.2 Å². The molecule has 1 heterocycles. The molecule has 0 saturated carbocycles. The molecule has 2 N–H and O–H groups in total. The Morgan fingerprint density at radius 3 is 2.75 bits per heavy atom. The first-order valence-electron chi connectivity index (χ1n) is 7.01. The highest BCUT2D eigenvalue weighted by molar-refractivity contribution is 6.44. The van der Waals surface area contributed by atoms with Crippen LogP contribution in [0.1, 0.15) is 20.8 Å². The van der Waals surface area contributed by atoms with E-state index in [1.165, 1.54) is 25.4 Å². The predicted molar refractivity (Wildman–Crippen MR) is 92.9 cm³/mol. The first-order chi connectivity index (χ1) is 11.5. The van der Waals surface area contributed by atoms with E-state index in [1.807, 2.05) is 0 Å². The second-order valence-electron chi connectivity index (χ2n) is 4.73. The quantitative estimate of drug-likeness (QED) is 0.769. The lowest BCUT2D eigenvalue weighted by Gasteiger charge is -2.09. The Morgan fingerprint density at radius 1 is 1.21 bits per heavy atom. The van der Waals surface area contributed by atoms with Crippen LogP contribution < -0.4 is 10.6 Å². The zero-order valence-corrected chi connectivity index (χ0v) is 14.3. The Morgan fingerprint density at radius 2 is 2.00 bits per heavy atom. The molecular weight excluding hydrogens is 353 g/mol. The van der Waals surface area contributed by atoms with Crippen molar-refractivity contribution < 1.29 is 14.3 Å². The minimum absolute atomic E-state index is 0.135. The first kappa shape index (κ1) is 18.2. The average molecular weight is 368 g/mol. The fourth-order valence-corrected chi connectivity index (χ4v) is 2.20. The summed E-state index contributed by atoms with van der Waals surface area (Å²) in [6.45, 7) is 0.741. The maximum absolute atomic E-state index is 12.3. The number of benzene rings is 1. The highest BCUT2D eigenvalue weighted by atomic mass is 35.5. The second-order valence-corrected chi connectivity index (χ2v) is 5.52. The molecule has 0 aliphatic rings. The number of hydrogen-bond acceptors (Lipinski definition) is 4. The molecule has 0 radical (unpaired) electrons. The fourth-order valence-electron chi connectivity index (χ4n) is 1.85. The average Bonchev–Trinajstić information content (AvgIpc) is 2.59. The number of aromatic nitrogens is 1. The van der Waals surface area contributed by atoms with Gasteiger partial charge in [-0.2, -0.15) is 0 Å². The standard InChI is InChI=1S/C16H15Cl2N3O3/c1-24-8-7-20-16(23)13-9-10(5-6-19-13)15(22)21-12-4-2-3-11(17)14(12)18/h2-6,9H,7-8H2,1H3,(H,20,23)(H,21,22). The lowest BCUT2D eigenvalue weighted by atomic mass is 10.2. The van der Waals surface area contributed by atoms with Crippen molar-refractivity contribution in [3.05, 3.63) is 57.8 Å². The van der Waals surface area contributed by atoms with Crippen molar-refractivity contribution in [3.8, 4) is 0 Å². The number of carbonyl (C=O) groups is 2. The van der Waals surface area contributed by atoms with Crippen LogP contribution in [0.2, 0.25) is 10.0 Å². The Labute approximate surface area is 149 Å². The summed E-state index contributed by atoms with van der Waals surface area (Å²) in [4.78, 5) is 28.2. The van der Waals surface area contributed by atoms with E-state index in [4.69, 9.17) is 27.9 Å². The van der Waals surface area contributed by atoms with Gasteiger partial charge in [0.25, 0.3) is 11.8 Å².